The van der Waals surface area contributed by atoms with E-state index < -0.39 is 0 Å². The first kappa shape index (κ1) is 15.1. The number of carbonyl (C=O) groups excluding carboxylic acids is 1. The van der Waals surface area contributed by atoms with Gasteiger partial charge in [-0.2, -0.15) is 0 Å². The van der Waals surface area contributed by atoms with Crippen LogP contribution in [0.15, 0.2) is 18.3 Å². The average Bonchev–Trinajstić information content (AvgIpc) is 2.85. The SMILES string of the molecule is Cl.O=C(Nc1ncccc1O)C1CC2CCCCC2N1. The second-order valence-corrected chi connectivity index (χ2v) is 5.47. The molecule has 3 atom stereocenters. The molecule has 1 amide bonds. The van der Waals surface area contributed by atoms with Gasteiger partial charge in [0.05, 0.1) is 6.04 Å². The summed E-state index contributed by atoms with van der Waals surface area (Å²) in [4.78, 5) is 16.2. The summed E-state index contributed by atoms with van der Waals surface area (Å²) in [5, 5.41) is 15.7. The van der Waals surface area contributed by atoms with Gasteiger partial charge in [-0.05, 0) is 37.3 Å². The maximum absolute atomic E-state index is 12.2. The molecule has 2 fully saturated rings. The minimum atomic E-state index is -0.158. The standard InChI is InChI=1S/C14H19N3O2.ClH/c18-12-6-3-7-15-13(12)17-14(19)11-8-9-4-1-2-5-10(9)16-11;/h3,6-7,9-11,16,18H,1-2,4-5,8H2,(H,15,17,19);1H. The Labute approximate surface area is 124 Å². The van der Waals surface area contributed by atoms with Gasteiger partial charge in [-0.1, -0.05) is 12.8 Å². The van der Waals surface area contributed by atoms with E-state index in [1.165, 1.54) is 31.7 Å². The summed E-state index contributed by atoms with van der Waals surface area (Å²) < 4.78 is 0. The van der Waals surface area contributed by atoms with E-state index in [9.17, 15) is 9.90 Å². The predicted molar refractivity (Wildman–Crippen MR) is 79.1 cm³/mol. The van der Waals surface area contributed by atoms with E-state index in [0.717, 1.165) is 6.42 Å². The van der Waals surface area contributed by atoms with Crippen LogP contribution in [0.5, 0.6) is 5.75 Å². The second-order valence-electron chi connectivity index (χ2n) is 5.47. The monoisotopic (exact) mass is 297 g/mol. The number of amides is 1. The van der Waals surface area contributed by atoms with E-state index >= 15 is 0 Å². The maximum Gasteiger partial charge on any atom is 0.242 e. The van der Waals surface area contributed by atoms with Crippen LogP contribution in [0.4, 0.5) is 5.82 Å². The van der Waals surface area contributed by atoms with Crippen LogP contribution in [-0.2, 0) is 4.79 Å². The molecule has 0 radical (unpaired) electrons. The van der Waals surface area contributed by atoms with Gasteiger partial charge in [-0.3, -0.25) is 4.79 Å². The van der Waals surface area contributed by atoms with Crippen molar-refractivity contribution in [3.05, 3.63) is 18.3 Å². The first-order valence-corrected chi connectivity index (χ1v) is 6.95. The molecule has 0 spiro atoms. The Morgan fingerprint density at radius 2 is 2.20 bits per heavy atom. The number of fused-ring (bicyclic) bond motifs is 1. The number of aromatic hydroxyl groups is 1. The number of aromatic nitrogens is 1. The highest BCUT2D eigenvalue weighted by atomic mass is 35.5. The second kappa shape index (κ2) is 6.41. The molecule has 1 saturated carbocycles. The van der Waals surface area contributed by atoms with Crippen LogP contribution in [0.2, 0.25) is 0 Å². The summed E-state index contributed by atoms with van der Waals surface area (Å²) in [7, 11) is 0. The van der Waals surface area contributed by atoms with E-state index in [1.54, 1.807) is 12.3 Å². The quantitative estimate of drug-likeness (QED) is 0.781. The topological polar surface area (TPSA) is 74.2 Å². The zero-order valence-corrected chi connectivity index (χ0v) is 12.0. The van der Waals surface area contributed by atoms with Crippen LogP contribution in [0.25, 0.3) is 0 Å². The Balaban J connectivity index is 0.00000147. The van der Waals surface area contributed by atoms with Gasteiger partial charge in [-0.25, -0.2) is 4.98 Å². The van der Waals surface area contributed by atoms with Gasteiger partial charge >= 0.3 is 0 Å². The maximum atomic E-state index is 12.2. The molecule has 3 N–H and O–H groups in total. The molecule has 0 aromatic carbocycles. The summed E-state index contributed by atoms with van der Waals surface area (Å²) in [6.07, 6.45) is 7.36. The van der Waals surface area contributed by atoms with Crippen LogP contribution in [0, 0.1) is 5.92 Å². The molecule has 1 aliphatic carbocycles. The minimum absolute atomic E-state index is 0. The minimum Gasteiger partial charge on any atom is -0.504 e. The van der Waals surface area contributed by atoms with E-state index in [1.807, 2.05) is 0 Å². The molecule has 110 valence electrons. The molecule has 20 heavy (non-hydrogen) atoms. The van der Waals surface area contributed by atoms with E-state index in [-0.39, 0.29) is 35.9 Å². The van der Waals surface area contributed by atoms with Crippen molar-refractivity contribution >= 4 is 24.1 Å². The van der Waals surface area contributed by atoms with Crippen LogP contribution in [0.3, 0.4) is 0 Å². The third kappa shape index (κ3) is 3.04. The van der Waals surface area contributed by atoms with Gasteiger partial charge in [0, 0.05) is 12.2 Å². The lowest BCUT2D eigenvalue weighted by Gasteiger charge is -2.24. The lowest BCUT2D eigenvalue weighted by Crippen LogP contribution is -2.40. The molecule has 0 bridgehead atoms. The Kier molecular flexibility index (Phi) is 4.83. The first-order valence-electron chi connectivity index (χ1n) is 6.95. The Bertz CT molecular complexity index is 469. The molecule has 3 rings (SSSR count). The average molecular weight is 298 g/mol. The first-order chi connectivity index (χ1) is 9.24. The van der Waals surface area contributed by atoms with Crippen molar-refractivity contribution in [3.8, 4) is 5.75 Å². The van der Waals surface area contributed by atoms with Gasteiger partial charge in [0.15, 0.2) is 11.6 Å². The normalized spacial score (nSPS) is 28.3. The summed E-state index contributed by atoms with van der Waals surface area (Å²) in [5.41, 5.74) is 0. The number of anilines is 1. The zero-order chi connectivity index (χ0) is 13.2. The molecular formula is C14H20ClN3O2. The van der Waals surface area contributed by atoms with Crippen LogP contribution in [-0.4, -0.2) is 28.1 Å². The molecule has 1 aromatic heterocycles. The molecule has 5 nitrogen and oxygen atoms in total. The number of carbonyl (C=O) groups is 1. The summed E-state index contributed by atoms with van der Waals surface area (Å²) in [6.45, 7) is 0. The predicted octanol–water partition coefficient (Wildman–Crippen LogP) is 2.07. The number of nitrogens with one attached hydrogen (secondary N) is 2. The van der Waals surface area contributed by atoms with Crippen LogP contribution in [0.1, 0.15) is 32.1 Å². The Hall–Kier alpha value is -1.33. The fourth-order valence-corrected chi connectivity index (χ4v) is 3.22. The van der Waals surface area contributed by atoms with Crippen LogP contribution < -0.4 is 10.6 Å². The number of halogens is 1. The highest BCUT2D eigenvalue weighted by molar-refractivity contribution is 5.95. The molecule has 1 aliphatic heterocycles. The smallest absolute Gasteiger partial charge is 0.242 e. The fraction of sp³-hybridized carbons (Fsp3) is 0.571. The van der Waals surface area contributed by atoms with Crippen molar-refractivity contribution < 1.29 is 9.90 Å². The number of hydrogen-bond donors (Lipinski definition) is 3. The number of pyridine rings is 1. The fourth-order valence-electron chi connectivity index (χ4n) is 3.22. The van der Waals surface area contributed by atoms with Gasteiger partial charge < -0.3 is 15.7 Å². The molecule has 1 saturated heterocycles. The number of nitrogens with zero attached hydrogens (tertiary/aromatic N) is 1. The Morgan fingerprint density at radius 1 is 1.40 bits per heavy atom. The van der Waals surface area contributed by atoms with Crippen molar-refractivity contribution in [2.24, 2.45) is 5.92 Å². The molecule has 6 heteroatoms. The summed E-state index contributed by atoms with van der Waals surface area (Å²) in [6, 6.07) is 3.48. The molecule has 2 aliphatic rings. The van der Waals surface area contributed by atoms with Gasteiger partial charge in [0.1, 0.15) is 0 Å². The largest absolute Gasteiger partial charge is 0.504 e. The molecule has 1 aromatic rings. The van der Waals surface area contributed by atoms with Gasteiger partial charge in [-0.15, -0.1) is 12.4 Å². The van der Waals surface area contributed by atoms with E-state index in [4.69, 9.17) is 0 Å². The Morgan fingerprint density at radius 3 is 2.95 bits per heavy atom. The van der Waals surface area contributed by atoms with Gasteiger partial charge in [0.25, 0.3) is 0 Å². The summed E-state index contributed by atoms with van der Waals surface area (Å²) >= 11 is 0. The van der Waals surface area contributed by atoms with Gasteiger partial charge in [0.2, 0.25) is 5.91 Å². The van der Waals surface area contributed by atoms with E-state index in [2.05, 4.69) is 15.6 Å². The molecule has 2 heterocycles. The molecular weight excluding hydrogens is 278 g/mol. The van der Waals surface area contributed by atoms with Crippen molar-refractivity contribution in [1.82, 2.24) is 10.3 Å². The van der Waals surface area contributed by atoms with E-state index in [0.29, 0.717) is 12.0 Å². The van der Waals surface area contributed by atoms with Crippen molar-refractivity contribution in [2.75, 3.05) is 5.32 Å². The third-order valence-electron chi connectivity index (χ3n) is 4.21. The highest BCUT2D eigenvalue weighted by Gasteiger charge is 2.38. The summed E-state index contributed by atoms with van der Waals surface area (Å²) in [5.74, 6) is 0.778. The number of rotatable bonds is 2. The highest BCUT2D eigenvalue weighted by Crippen LogP contribution is 2.33. The number of hydrogen-bond acceptors (Lipinski definition) is 4. The van der Waals surface area contributed by atoms with Crippen LogP contribution >= 0.6 is 12.4 Å². The van der Waals surface area contributed by atoms with Crippen molar-refractivity contribution in [2.45, 2.75) is 44.2 Å². The van der Waals surface area contributed by atoms with Crippen molar-refractivity contribution in [1.29, 1.82) is 0 Å². The lowest BCUT2D eigenvalue weighted by atomic mass is 9.85. The lowest BCUT2D eigenvalue weighted by molar-refractivity contribution is -0.117. The van der Waals surface area contributed by atoms with Crippen molar-refractivity contribution in [3.63, 3.8) is 0 Å². The third-order valence-corrected chi connectivity index (χ3v) is 4.21. The molecule has 3 unspecified atom stereocenters. The zero-order valence-electron chi connectivity index (χ0n) is 11.2.